The number of nitrogens with one attached hydrogen (secondary N) is 2. The number of benzene rings is 1. The number of carbonyl (C=O) groups excluding carboxylic acids is 1. The van der Waals surface area contributed by atoms with E-state index in [4.69, 9.17) is 4.98 Å². The fourth-order valence-corrected chi connectivity index (χ4v) is 3.18. The second-order valence-electron chi connectivity index (χ2n) is 6.49. The summed E-state index contributed by atoms with van der Waals surface area (Å²) in [6.45, 7) is 7.45. The smallest absolute Gasteiger partial charge is 0.234 e. The number of rotatable bonds is 4. The molecule has 1 aromatic heterocycles. The van der Waals surface area contributed by atoms with Gasteiger partial charge in [0.1, 0.15) is 5.82 Å². The van der Waals surface area contributed by atoms with Gasteiger partial charge in [-0.15, -0.1) is 0 Å². The van der Waals surface area contributed by atoms with Crippen LogP contribution in [0.1, 0.15) is 44.1 Å². The lowest BCUT2D eigenvalue weighted by molar-refractivity contribution is -0.123. The quantitative estimate of drug-likeness (QED) is 0.912. The standard InChI is InChI=1S/C17H24N4O/c1-11(2)18-16(22)10-21-8-4-5-15(21)17-19-13-7-6-12(3)9-14(13)20-17/h6-7,9,11,15H,4-5,8,10H2,1-3H3,(H,18,22)(H,19,20). The predicted molar refractivity (Wildman–Crippen MR) is 87.7 cm³/mol. The van der Waals surface area contributed by atoms with Crippen LogP contribution in [0.15, 0.2) is 18.2 Å². The van der Waals surface area contributed by atoms with Crippen LogP contribution in [-0.2, 0) is 4.79 Å². The molecule has 1 fully saturated rings. The number of hydrogen-bond donors (Lipinski definition) is 2. The van der Waals surface area contributed by atoms with Gasteiger partial charge in [-0.1, -0.05) is 6.07 Å². The Balaban J connectivity index is 1.78. The van der Waals surface area contributed by atoms with E-state index >= 15 is 0 Å². The van der Waals surface area contributed by atoms with Gasteiger partial charge >= 0.3 is 0 Å². The van der Waals surface area contributed by atoms with Crippen LogP contribution in [0.2, 0.25) is 0 Å². The molecule has 5 nitrogen and oxygen atoms in total. The van der Waals surface area contributed by atoms with Gasteiger partial charge < -0.3 is 10.3 Å². The van der Waals surface area contributed by atoms with E-state index in [1.165, 1.54) is 5.56 Å². The number of likely N-dealkylation sites (tertiary alicyclic amines) is 1. The first-order valence-electron chi connectivity index (χ1n) is 8.02. The van der Waals surface area contributed by atoms with Gasteiger partial charge in [0.15, 0.2) is 0 Å². The van der Waals surface area contributed by atoms with E-state index in [1.54, 1.807) is 0 Å². The summed E-state index contributed by atoms with van der Waals surface area (Å²) in [4.78, 5) is 22.4. The Morgan fingerprint density at radius 3 is 3.09 bits per heavy atom. The summed E-state index contributed by atoms with van der Waals surface area (Å²) in [5, 5.41) is 2.96. The molecule has 2 aromatic rings. The van der Waals surface area contributed by atoms with Crippen molar-refractivity contribution in [2.24, 2.45) is 0 Å². The fourth-order valence-electron chi connectivity index (χ4n) is 3.18. The van der Waals surface area contributed by atoms with Crippen LogP contribution >= 0.6 is 0 Å². The van der Waals surface area contributed by atoms with Crippen LogP contribution in [0, 0.1) is 6.92 Å². The summed E-state index contributed by atoms with van der Waals surface area (Å²) in [6, 6.07) is 6.65. The molecule has 1 unspecified atom stereocenters. The van der Waals surface area contributed by atoms with E-state index < -0.39 is 0 Å². The SMILES string of the molecule is Cc1ccc2nc(C3CCCN3CC(=O)NC(C)C)[nH]c2c1. The Morgan fingerprint density at radius 1 is 1.50 bits per heavy atom. The zero-order valence-corrected chi connectivity index (χ0v) is 13.5. The van der Waals surface area contributed by atoms with Crippen molar-refractivity contribution >= 4 is 16.9 Å². The molecular weight excluding hydrogens is 276 g/mol. The summed E-state index contributed by atoms with van der Waals surface area (Å²) in [5.41, 5.74) is 3.30. The van der Waals surface area contributed by atoms with Gasteiger partial charge in [0.05, 0.1) is 23.6 Å². The largest absolute Gasteiger partial charge is 0.353 e. The molecule has 1 aliphatic heterocycles. The van der Waals surface area contributed by atoms with Crippen molar-refractivity contribution < 1.29 is 4.79 Å². The highest BCUT2D eigenvalue weighted by Gasteiger charge is 2.29. The molecule has 3 rings (SSSR count). The lowest BCUT2D eigenvalue weighted by atomic mass is 10.2. The third-order valence-electron chi connectivity index (χ3n) is 4.13. The Hall–Kier alpha value is -1.88. The first kappa shape index (κ1) is 15.0. The van der Waals surface area contributed by atoms with Gasteiger partial charge in [-0.05, 0) is 57.9 Å². The van der Waals surface area contributed by atoms with Crippen LogP contribution in [-0.4, -0.2) is 39.9 Å². The van der Waals surface area contributed by atoms with Crippen molar-refractivity contribution in [1.82, 2.24) is 20.2 Å². The van der Waals surface area contributed by atoms with Crippen LogP contribution in [0.25, 0.3) is 11.0 Å². The van der Waals surface area contributed by atoms with E-state index in [0.717, 1.165) is 36.2 Å². The molecule has 0 saturated carbocycles. The highest BCUT2D eigenvalue weighted by molar-refractivity contribution is 5.78. The summed E-state index contributed by atoms with van der Waals surface area (Å²) in [5.74, 6) is 1.07. The molecule has 0 spiro atoms. The average molecular weight is 300 g/mol. The molecule has 1 aliphatic rings. The minimum absolute atomic E-state index is 0.0915. The maximum atomic E-state index is 12.0. The van der Waals surface area contributed by atoms with Gasteiger partial charge in [0.2, 0.25) is 5.91 Å². The molecule has 2 heterocycles. The predicted octanol–water partition coefficient (Wildman–Crippen LogP) is 2.53. The van der Waals surface area contributed by atoms with Crippen molar-refractivity contribution in [2.45, 2.75) is 45.7 Å². The fraction of sp³-hybridized carbons (Fsp3) is 0.529. The monoisotopic (exact) mass is 300 g/mol. The summed E-state index contributed by atoms with van der Waals surface area (Å²) in [7, 11) is 0. The number of amides is 1. The summed E-state index contributed by atoms with van der Waals surface area (Å²) in [6.07, 6.45) is 2.16. The molecule has 1 aromatic carbocycles. The first-order valence-corrected chi connectivity index (χ1v) is 8.02. The Kier molecular flexibility index (Phi) is 4.16. The topological polar surface area (TPSA) is 61.0 Å². The van der Waals surface area contributed by atoms with Gasteiger partial charge in [-0.3, -0.25) is 9.69 Å². The van der Waals surface area contributed by atoms with Crippen molar-refractivity contribution in [3.8, 4) is 0 Å². The highest BCUT2D eigenvalue weighted by atomic mass is 16.2. The van der Waals surface area contributed by atoms with Gasteiger partial charge in [-0.25, -0.2) is 4.98 Å². The number of aromatic nitrogens is 2. The van der Waals surface area contributed by atoms with E-state index in [0.29, 0.717) is 6.54 Å². The van der Waals surface area contributed by atoms with Crippen LogP contribution in [0.5, 0.6) is 0 Å². The lowest BCUT2D eigenvalue weighted by Gasteiger charge is -2.22. The molecule has 1 amide bonds. The van der Waals surface area contributed by atoms with Gasteiger partial charge in [0, 0.05) is 6.04 Å². The first-order chi connectivity index (χ1) is 10.5. The van der Waals surface area contributed by atoms with Crippen molar-refractivity contribution in [3.63, 3.8) is 0 Å². The summed E-state index contributed by atoms with van der Waals surface area (Å²) < 4.78 is 0. The van der Waals surface area contributed by atoms with E-state index in [-0.39, 0.29) is 18.0 Å². The Morgan fingerprint density at radius 2 is 2.32 bits per heavy atom. The van der Waals surface area contributed by atoms with Crippen molar-refractivity contribution in [2.75, 3.05) is 13.1 Å². The maximum absolute atomic E-state index is 12.0. The molecule has 5 heteroatoms. The molecule has 118 valence electrons. The number of aryl methyl sites for hydroxylation is 1. The average Bonchev–Trinajstić information content (AvgIpc) is 3.02. The third-order valence-corrected chi connectivity index (χ3v) is 4.13. The van der Waals surface area contributed by atoms with Gasteiger partial charge in [0.25, 0.3) is 0 Å². The zero-order valence-electron chi connectivity index (χ0n) is 13.5. The lowest BCUT2D eigenvalue weighted by Crippen LogP contribution is -2.40. The molecule has 1 saturated heterocycles. The van der Waals surface area contributed by atoms with Crippen molar-refractivity contribution in [3.05, 3.63) is 29.6 Å². The number of fused-ring (bicyclic) bond motifs is 1. The normalized spacial score (nSPS) is 19.2. The molecular formula is C17H24N4O. The number of aromatic amines is 1. The van der Waals surface area contributed by atoms with Crippen LogP contribution in [0.4, 0.5) is 0 Å². The second-order valence-corrected chi connectivity index (χ2v) is 6.49. The number of carbonyl (C=O) groups is 1. The second kappa shape index (κ2) is 6.08. The minimum atomic E-state index is 0.0915. The molecule has 2 N–H and O–H groups in total. The number of H-pyrrole nitrogens is 1. The molecule has 0 bridgehead atoms. The van der Waals surface area contributed by atoms with Crippen molar-refractivity contribution in [1.29, 1.82) is 0 Å². The number of nitrogens with zero attached hydrogens (tertiary/aromatic N) is 2. The number of imidazole rings is 1. The van der Waals surface area contributed by atoms with Gasteiger partial charge in [-0.2, -0.15) is 0 Å². The highest BCUT2D eigenvalue weighted by Crippen LogP contribution is 2.31. The maximum Gasteiger partial charge on any atom is 0.234 e. The minimum Gasteiger partial charge on any atom is -0.353 e. The van der Waals surface area contributed by atoms with E-state index in [1.807, 2.05) is 13.8 Å². The van der Waals surface area contributed by atoms with E-state index in [9.17, 15) is 4.79 Å². The zero-order chi connectivity index (χ0) is 15.7. The molecule has 0 aliphatic carbocycles. The summed E-state index contributed by atoms with van der Waals surface area (Å²) >= 11 is 0. The molecule has 0 radical (unpaired) electrons. The van der Waals surface area contributed by atoms with Crippen LogP contribution in [0.3, 0.4) is 0 Å². The third kappa shape index (κ3) is 3.14. The molecule has 22 heavy (non-hydrogen) atoms. The van der Waals surface area contributed by atoms with E-state index in [2.05, 4.69) is 40.3 Å². The Bertz CT molecular complexity index is 676. The molecule has 1 atom stereocenters. The Labute approximate surface area is 131 Å². The number of hydrogen-bond acceptors (Lipinski definition) is 3. The van der Waals surface area contributed by atoms with Crippen LogP contribution < -0.4 is 5.32 Å².